The minimum Gasteiger partial charge on any atom is -0.504 e. The first kappa shape index (κ1) is 13.3. The number of aryl methyl sites for hydroxylation is 1. The SMILES string of the molecule is COc1ccc(CNc2ccc3nc(C)[nH]c3c2)cc1O. The molecule has 5 nitrogen and oxygen atoms in total. The van der Waals surface area contributed by atoms with Crippen LogP contribution in [0.4, 0.5) is 5.69 Å². The van der Waals surface area contributed by atoms with Crippen molar-refractivity contribution < 1.29 is 9.84 Å². The Morgan fingerprint density at radius 2 is 2.10 bits per heavy atom. The van der Waals surface area contributed by atoms with Crippen LogP contribution in [0, 0.1) is 6.92 Å². The van der Waals surface area contributed by atoms with E-state index in [-0.39, 0.29) is 5.75 Å². The predicted molar refractivity (Wildman–Crippen MR) is 82.8 cm³/mol. The molecule has 21 heavy (non-hydrogen) atoms. The molecule has 3 aromatic rings. The lowest BCUT2D eigenvalue weighted by Crippen LogP contribution is -1.99. The zero-order chi connectivity index (χ0) is 14.8. The lowest BCUT2D eigenvalue weighted by Gasteiger charge is -2.09. The summed E-state index contributed by atoms with van der Waals surface area (Å²) in [6, 6.07) is 11.4. The first-order chi connectivity index (χ1) is 10.2. The third-order valence-corrected chi connectivity index (χ3v) is 3.34. The van der Waals surface area contributed by atoms with Crippen LogP contribution < -0.4 is 10.1 Å². The van der Waals surface area contributed by atoms with Crippen LogP contribution >= 0.6 is 0 Å². The summed E-state index contributed by atoms with van der Waals surface area (Å²) in [7, 11) is 1.54. The molecular weight excluding hydrogens is 266 g/mol. The molecule has 1 heterocycles. The number of aromatic hydroxyl groups is 1. The maximum absolute atomic E-state index is 9.77. The molecule has 0 amide bonds. The predicted octanol–water partition coefficient (Wildman–Crippen LogP) is 3.20. The van der Waals surface area contributed by atoms with E-state index in [1.807, 2.05) is 31.2 Å². The van der Waals surface area contributed by atoms with E-state index in [0.29, 0.717) is 12.3 Å². The van der Waals surface area contributed by atoms with Crippen molar-refractivity contribution in [3.63, 3.8) is 0 Å². The van der Waals surface area contributed by atoms with Gasteiger partial charge in [0.05, 0.1) is 18.1 Å². The average molecular weight is 283 g/mol. The van der Waals surface area contributed by atoms with Crippen molar-refractivity contribution in [2.24, 2.45) is 0 Å². The molecule has 0 saturated heterocycles. The number of imidazole rings is 1. The average Bonchev–Trinajstić information content (AvgIpc) is 2.84. The standard InChI is InChI=1S/C16H17N3O2/c1-10-18-13-5-4-12(8-14(13)19-10)17-9-11-3-6-16(21-2)15(20)7-11/h3-8,17,20H,9H2,1-2H3,(H,18,19). The second kappa shape index (κ2) is 5.36. The molecule has 0 aliphatic heterocycles. The lowest BCUT2D eigenvalue weighted by molar-refractivity contribution is 0.373. The van der Waals surface area contributed by atoms with Crippen molar-refractivity contribution in [2.75, 3.05) is 12.4 Å². The summed E-state index contributed by atoms with van der Waals surface area (Å²) in [6.45, 7) is 2.56. The number of aromatic nitrogens is 2. The molecule has 108 valence electrons. The lowest BCUT2D eigenvalue weighted by atomic mass is 10.2. The van der Waals surface area contributed by atoms with Crippen LogP contribution in [-0.2, 0) is 6.54 Å². The monoisotopic (exact) mass is 283 g/mol. The molecule has 0 unspecified atom stereocenters. The van der Waals surface area contributed by atoms with Gasteiger partial charge in [-0.2, -0.15) is 0 Å². The summed E-state index contributed by atoms with van der Waals surface area (Å²) >= 11 is 0. The van der Waals surface area contributed by atoms with Crippen LogP contribution in [0.15, 0.2) is 36.4 Å². The summed E-state index contributed by atoms with van der Waals surface area (Å²) in [5.41, 5.74) is 3.95. The number of hydrogen-bond donors (Lipinski definition) is 3. The molecule has 0 aliphatic rings. The summed E-state index contributed by atoms with van der Waals surface area (Å²) in [5, 5.41) is 13.1. The van der Waals surface area contributed by atoms with E-state index in [4.69, 9.17) is 4.74 Å². The van der Waals surface area contributed by atoms with E-state index >= 15 is 0 Å². The summed E-state index contributed by atoms with van der Waals surface area (Å²) in [4.78, 5) is 7.59. The summed E-state index contributed by atoms with van der Waals surface area (Å²) < 4.78 is 5.03. The van der Waals surface area contributed by atoms with Crippen LogP contribution in [0.5, 0.6) is 11.5 Å². The van der Waals surface area contributed by atoms with E-state index in [9.17, 15) is 5.11 Å². The quantitative estimate of drug-likeness (QED) is 0.687. The first-order valence-corrected chi connectivity index (χ1v) is 6.72. The van der Waals surface area contributed by atoms with Crippen molar-refractivity contribution in [2.45, 2.75) is 13.5 Å². The van der Waals surface area contributed by atoms with Crippen LogP contribution in [0.1, 0.15) is 11.4 Å². The van der Waals surface area contributed by atoms with Crippen LogP contribution in [0.2, 0.25) is 0 Å². The van der Waals surface area contributed by atoms with Crippen LogP contribution in [-0.4, -0.2) is 22.2 Å². The Morgan fingerprint density at radius 3 is 2.86 bits per heavy atom. The van der Waals surface area contributed by atoms with Crippen molar-refractivity contribution in [1.29, 1.82) is 0 Å². The second-order valence-electron chi connectivity index (χ2n) is 4.91. The van der Waals surface area contributed by atoms with E-state index in [0.717, 1.165) is 28.1 Å². The maximum atomic E-state index is 9.77. The minimum absolute atomic E-state index is 0.149. The van der Waals surface area contributed by atoms with Gasteiger partial charge in [-0.3, -0.25) is 0 Å². The van der Waals surface area contributed by atoms with Crippen LogP contribution in [0.25, 0.3) is 11.0 Å². The molecule has 5 heteroatoms. The number of phenols is 1. The Hall–Kier alpha value is -2.69. The van der Waals surface area contributed by atoms with E-state index in [1.54, 1.807) is 12.1 Å². The number of nitrogens with zero attached hydrogens (tertiary/aromatic N) is 1. The molecule has 3 N–H and O–H groups in total. The fraction of sp³-hybridized carbons (Fsp3) is 0.188. The van der Waals surface area contributed by atoms with Gasteiger partial charge >= 0.3 is 0 Å². The highest BCUT2D eigenvalue weighted by Crippen LogP contribution is 2.26. The zero-order valence-electron chi connectivity index (χ0n) is 12.0. The minimum atomic E-state index is 0.149. The van der Waals surface area contributed by atoms with Gasteiger partial charge < -0.3 is 20.1 Å². The van der Waals surface area contributed by atoms with Crippen LogP contribution in [0.3, 0.4) is 0 Å². The third kappa shape index (κ3) is 2.76. The molecule has 2 aromatic carbocycles. The number of nitrogens with one attached hydrogen (secondary N) is 2. The second-order valence-corrected chi connectivity index (χ2v) is 4.91. The number of methoxy groups -OCH3 is 1. The zero-order valence-corrected chi connectivity index (χ0v) is 12.0. The fourth-order valence-electron chi connectivity index (χ4n) is 2.30. The smallest absolute Gasteiger partial charge is 0.160 e. The van der Waals surface area contributed by atoms with E-state index in [2.05, 4.69) is 15.3 Å². The molecular formula is C16H17N3O2. The highest BCUT2D eigenvalue weighted by atomic mass is 16.5. The maximum Gasteiger partial charge on any atom is 0.160 e. The molecule has 3 rings (SSSR count). The largest absolute Gasteiger partial charge is 0.504 e. The highest BCUT2D eigenvalue weighted by Gasteiger charge is 2.04. The van der Waals surface area contributed by atoms with Crippen molar-refractivity contribution in [1.82, 2.24) is 9.97 Å². The topological polar surface area (TPSA) is 70.2 Å². The normalized spacial score (nSPS) is 10.8. The molecule has 0 spiro atoms. The summed E-state index contributed by atoms with van der Waals surface area (Å²) in [5.74, 6) is 1.53. The number of phenolic OH excluding ortho intramolecular Hbond substituents is 1. The van der Waals surface area contributed by atoms with Gasteiger partial charge in [0.1, 0.15) is 5.82 Å². The first-order valence-electron chi connectivity index (χ1n) is 6.72. The van der Waals surface area contributed by atoms with Crippen molar-refractivity contribution >= 4 is 16.7 Å². The van der Waals surface area contributed by atoms with Crippen molar-refractivity contribution in [3.05, 3.63) is 47.8 Å². The number of fused-ring (bicyclic) bond motifs is 1. The molecule has 0 atom stereocenters. The number of hydrogen-bond acceptors (Lipinski definition) is 4. The van der Waals surface area contributed by atoms with Crippen molar-refractivity contribution in [3.8, 4) is 11.5 Å². The van der Waals surface area contributed by atoms with E-state index < -0.39 is 0 Å². The Morgan fingerprint density at radius 1 is 1.24 bits per heavy atom. The Bertz CT molecular complexity index is 780. The number of anilines is 1. The van der Waals surface area contributed by atoms with Gasteiger partial charge in [0, 0.05) is 12.2 Å². The van der Waals surface area contributed by atoms with Gasteiger partial charge in [-0.05, 0) is 42.8 Å². The molecule has 1 aromatic heterocycles. The molecule has 0 saturated carbocycles. The van der Waals surface area contributed by atoms with Gasteiger partial charge in [0.2, 0.25) is 0 Å². The van der Waals surface area contributed by atoms with Gasteiger partial charge in [-0.1, -0.05) is 6.07 Å². The summed E-state index contributed by atoms with van der Waals surface area (Å²) in [6.07, 6.45) is 0. The number of ether oxygens (including phenoxy) is 1. The number of rotatable bonds is 4. The molecule has 0 fully saturated rings. The van der Waals surface area contributed by atoms with Gasteiger partial charge in [-0.25, -0.2) is 4.98 Å². The fourth-order valence-corrected chi connectivity index (χ4v) is 2.30. The Kier molecular flexibility index (Phi) is 3.39. The number of aromatic amines is 1. The molecule has 0 aliphatic carbocycles. The van der Waals surface area contributed by atoms with Gasteiger partial charge in [0.25, 0.3) is 0 Å². The van der Waals surface area contributed by atoms with Gasteiger partial charge in [0.15, 0.2) is 11.5 Å². The number of H-pyrrole nitrogens is 1. The number of benzene rings is 2. The molecule has 0 radical (unpaired) electrons. The Labute approximate surface area is 122 Å². The molecule has 0 bridgehead atoms. The highest BCUT2D eigenvalue weighted by molar-refractivity contribution is 5.79. The Balaban J connectivity index is 1.75. The van der Waals surface area contributed by atoms with Gasteiger partial charge in [-0.15, -0.1) is 0 Å². The third-order valence-electron chi connectivity index (χ3n) is 3.34. The van der Waals surface area contributed by atoms with E-state index in [1.165, 1.54) is 7.11 Å².